The summed E-state index contributed by atoms with van der Waals surface area (Å²) in [6.45, 7) is 8.42. The van der Waals surface area contributed by atoms with Crippen molar-refractivity contribution < 1.29 is 9.53 Å². The first-order valence-electron chi connectivity index (χ1n) is 10.9. The molecule has 32 heavy (non-hydrogen) atoms. The van der Waals surface area contributed by atoms with E-state index in [1.807, 2.05) is 62.4 Å². The molecular weight excluding hydrogens is 400 g/mol. The van der Waals surface area contributed by atoms with Gasteiger partial charge in [-0.05, 0) is 62.1 Å². The van der Waals surface area contributed by atoms with Gasteiger partial charge in [-0.2, -0.15) is 9.78 Å². The lowest BCUT2D eigenvalue weighted by atomic mass is 10.1. The van der Waals surface area contributed by atoms with E-state index in [9.17, 15) is 4.79 Å². The van der Waals surface area contributed by atoms with E-state index < -0.39 is 0 Å². The number of hydrogen-bond acceptors (Lipinski definition) is 4. The van der Waals surface area contributed by atoms with Gasteiger partial charge >= 0.3 is 0 Å². The van der Waals surface area contributed by atoms with E-state index in [0.717, 1.165) is 39.9 Å². The van der Waals surface area contributed by atoms with Crippen LogP contribution in [0.15, 0.2) is 54.6 Å². The molecule has 1 N–H and O–H groups in total. The predicted molar refractivity (Wildman–Crippen MR) is 128 cm³/mol. The zero-order valence-corrected chi connectivity index (χ0v) is 19.0. The Kier molecular flexibility index (Phi) is 6.21. The Morgan fingerprint density at radius 2 is 1.81 bits per heavy atom. The van der Waals surface area contributed by atoms with Crippen LogP contribution in [0.3, 0.4) is 0 Å². The monoisotopic (exact) mass is 428 g/mol. The Bertz CT molecular complexity index is 1260. The second kappa shape index (κ2) is 9.22. The van der Waals surface area contributed by atoms with Gasteiger partial charge in [0.05, 0.1) is 24.2 Å². The van der Waals surface area contributed by atoms with Gasteiger partial charge in [0, 0.05) is 11.5 Å². The number of benzene rings is 2. The third-order valence-electron chi connectivity index (χ3n) is 5.48. The third kappa shape index (κ3) is 4.64. The molecule has 0 radical (unpaired) electrons. The maximum absolute atomic E-state index is 12.6. The summed E-state index contributed by atoms with van der Waals surface area (Å²) < 4.78 is 7.41. The topological polar surface area (TPSA) is 69.0 Å². The summed E-state index contributed by atoms with van der Waals surface area (Å²) in [4.78, 5) is 17.4. The van der Waals surface area contributed by atoms with Crippen LogP contribution in [-0.2, 0) is 11.2 Å². The molecule has 0 fully saturated rings. The Morgan fingerprint density at radius 3 is 2.56 bits per heavy atom. The van der Waals surface area contributed by atoms with Crippen molar-refractivity contribution in [1.82, 2.24) is 14.8 Å². The highest BCUT2D eigenvalue weighted by molar-refractivity contribution is 5.90. The number of carbonyl (C=O) groups is 1. The van der Waals surface area contributed by atoms with Crippen LogP contribution in [0.2, 0.25) is 0 Å². The minimum absolute atomic E-state index is 0.134. The number of hydrogen-bond donors (Lipinski definition) is 1. The van der Waals surface area contributed by atoms with Gasteiger partial charge in [-0.25, -0.2) is 4.98 Å². The summed E-state index contributed by atoms with van der Waals surface area (Å²) in [5.41, 5.74) is 5.21. The molecule has 4 aromatic rings. The molecule has 164 valence electrons. The fourth-order valence-corrected chi connectivity index (χ4v) is 3.70. The van der Waals surface area contributed by atoms with Crippen molar-refractivity contribution in [2.75, 3.05) is 11.9 Å². The van der Waals surface area contributed by atoms with Crippen molar-refractivity contribution in [3.63, 3.8) is 0 Å². The van der Waals surface area contributed by atoms with Gasteiger partial charge in [0.1, 0.15) is 11.6 Å². The van der Waals surface area contributed by atoms with Gasteiger partial charge in [-0.3, -0.25) is 4.79 Å². The molecular formula is C26H28N4O2. The normalized spacial score (nSPS) is 11.0. The zero-order chi connectivity index (χ0) is 22.7. The Balaban J connectivity index is 1.48. The Morgan fingerprint density at radius 1 is 1.03 bits per heavy atom. The number of amides is 1. The zero-order valence-electron chi connectivity index (χ0n) is 19.0. The van der Waals surface area contributed by atoms with Crippen LogP contribution in [0.5, 0.6) is 5.75 Å². The van der Waals surface area contributed by atoms with Gasteiger partial charge in [0.15, 0.2) is 5.82 Å². The lowest BCUT2D eigenvalue weighted by Gasteiger charge is -2.12. The average Bonchev–Trinajstić information content (AvgIpc) is 3.14. The summed E-state index contributed by atoms with van der Waals surface area (Å²) in [5.74, 6) is 1.91. The first kappa shape index (κ1) is 21.6. The minimum Gasteiger partial charge on any atom is -0.493 e. The van der Waals surface area contributed by atoms with E-state index in [0.29, 0.717) is 18.2 Å². The van der Waals surface area contributed by atoms with E-state index in [1.54, 1.807) is 4.68 Å². The summed E-state index contributed by atoms with van der Waals surface area (Å²) in [6, 6.07) is 17.9. The van der Waals surface area contributed by atoms with Gasteiger partial charge in [-0.1, -0.05) is 37.3 Å². The fourth-order valence-electron chi connectivity index (χ4n) is 3.70. The lowest BCUT2D eigenvalue weighted by molar-refractivity contribution is -0.116. The number of nitrogens with one attached hydrogen (secondary N) is 1. The summed E-state index contributed by atoms with van der Waals surface area (Å²) in [6.07, 6.45) is 1.23. The van der Waals surface area contributed by atoms with Crippen molar-refractivity contribution in [3.05, 3.63) is 77.0 Å². The summed E-state index contributed by atoms with van der Waals surface area (Å²) in [7, 11) is 0. The highest BCUT2D eigenvalue weighted by Crippen LogP contribution is 2.24. The summed E-state index contributed by atoms with van der Waals surface area (Å²) in [5, 5.41) is 8.64. The SMILES string of the molecule is CCc1ccc(OCCC(=O)Nc2cc(C)nn2-c2cc(C)c3cccc(C)c3n2)cc1. The van der Waals surface area contributed by atoms with Crippen molar-refractivity contribution in [2.45, 2.75) is 40.5 Å². The maximum atomic E-state index is 12.6. The number of nitrogens with zero attached hydrogens (tertiary/aromatic N) is 3. The molecule has 6 nitrogen and oxygen atoms in total. The van der Waals surface area contributed by atoms with E-state index in [4.69, 9.17) is 9.72 Å². The van der Waals surface area contributed by atoms with Crippen LogP contribution in [0.4, 0.5) is 5.82 Å². The molecule has 0 aliphatic carbocycles. The molecule has 0 spiro atoms. The van der Waals surface area contributed by atoms with Crippen LogP contribution in [0, 0.1) is 20.8 Å². The van der Waals surface area contributed by atoms with Crippen LogP contribution in [0.25, 0.3) is 16.7 Å². The molecule has 0 atom stereocenters. The van der Waals surface area contributed by atoms with Crippen LogP contribution in [-0.4, -0.2) is 27.3 Å². The van der Waals surface area contributed by atoms with Crippen LogP contribution >= 0.6 is 0 Å². The highest BCUT2D eigenvalue weighted by Gasteiger charge is 2.14. The molecule has 0 saturated carbocycles. The number of para-hydroxylation sites is 1. The number of pyridine rings is 1. The second-order valence-corrected chi connectivity index (χ2v) is 8.00. The molecule has 2 aromatic heterocycles. The van der Waals surface area contributed by atoms with Crippen molar-refractivity contribution >= 4 is 22.6 Å². The number of carbonyl (C=O) groups excluding carboxylic acids is 1. The highest BCUT2D eigenvalue weighted by atomic mass is 16.5. The molecule has 1 amide bonds. The van der Waals surface area contributed by atoms with E-state index in [-0.39, 0.29) is 12.3 Å². The molecule has 0 saturated heterocycles. The first-order valence-corrected chi connectivity index (χ1v) is 10.9. The number of aromatic nitrogens is 3. The predicted octanol–water partition coefficient (Wildman–Crippen LogP) is 5.32. The van der Waals surface area contributed by atoms with E-state index in [1.165, 1.54) is 5.56 Å². The van der Waals surface area contributed by atoms with Crippen molar-refractivity contribution in [2.24, 2.45) is 0 Å². The average molecular weight is 429 g/mol. The molecule has 4 rings (SSSR count). The number of ether oxygens (including phenoxy) is 1. The number of fused-ring (bicyclic) bond motifs is 1. The number of aryl methyl sites for hydroxylation is 4. The van der Waals surface area contributed by atoms with Crippen LogP contribution in [0.1, 0.15) is 35.7 Å². The lowest BCUT2D eigenvalue weighted by Crippen LogP contribution is -2.18. The molecule has 2 heterocycles. The molecule has 0 aliphatic rings. The standard InChI is InChI=1S/C26H28N4O2/c1-5-20-9-11-21(12-10-20)32-14-13-25(31)27-24-16-19(4)29-30(24)23-15-18(3)22-8-6-7-17(2)26(22)28-23/h6-12,15-16H,5,13-14H2,1-4H3,(H,27,31). The van der Waals surface area contributed by atoms with Crippen LogP contribution < -0.4 is 10.1 Å². The molecule has 0 aliphatic heterocycles. The first-order chi connectivity index (χ1) is 15.4. The maximum Gasteiger partial charge on any atom is 0.228 e. The second-order valence-electron chi connectivity index (χ2n) is 8.00. The van der Waals surface area contributed by atoms with Crippen molar-refractivity contribution in [1.29, 1.82) is 0 Å². The molecule has 0 bridgehead atoms. The van der Waals surface area contributed by atoms with E-state index in [2.05, 4.69) is 30.3 Å². The fraction of sp³-hybridized carbons (Fsp3) is 0.269. The van der Waals surface area contributed by atoms with Gasteiger partial charge < -0.3 is 10.1 Å². The minimum atomic E-state index is -0.134. The van der Waals surface area contributed by atoms with Crippen molar-refractivity contribution in [3.8, 4) is 11.6 Å². The largest absolute Gasteiger partial charge is 0.493 e. The number of anilines is 1. The summed E-state index contributed by atoms with van der Waals surface area (Å²) >= 11 is 0. The molecule has 6 heteroatoms. The molecule has 2 aromatic carbocycles. The Hall–Kier alpha value is -3.67. The quantitative estimate of drug-likeness (QED) is 0.433. The Labute approximate surface area is 188 Å². The van der Waals surface area contributed by atoms with Gasteiger partial charge in [0.2, 0.25) is 5.91 Å². The van der Waals surface area contributed by atoms with Gasteiger partial charge in [0.25, 0.3) is 0 Å². The molecule has 0 unspecified atom stereocenters. The van der Waals surface area contributed by atoms with E-state index >= 15 is 0 Å². The smallest absolute Gasteiger partial charge is 0.228 e. The number of rotatable bonds is 7. The van der Waals surface area contributed by atoms with Gasteiger partial charge in [-0.15, -0.1) is 0 Å². The third-order valence-corrected chi connectivity index (χ3v) is 5.48.